The maximum Gasteiger partial charge on any atom is 0.373 e. The first kappa shape index (κ1) is 14.6. The molecule has 0 amide bonds. The molecule has 1 atom stereocenters. The summed E-state index contributed by atoms with van der Waals surface area (Å²) in [6.07, 6.45) is -5.06. The molecular formula is C12H11F4NO3. The number of aromatic hydroxyl groups is 1. The lowest BCUT2D eigenvalue weighted by molar-refractivity contribution is -0.338. The number of aliphatic hydroxyl groups is 1. The number of halogens is 4. The second kappa shape index (κ2) is 4.62. The Morgan fingerprint density at radius 1 is 1.40 bits per heavy atom. The van der Waals surface area contributed by atoms with Gasteiger partial charge < -0.3 is 15.1 Å². The number of hydrogen-bond donors (Lipinski definition) is 2. The van der Waals surface area contributed by atoms with Crippen molar-refractivity contribution in [2.45, 2.75) is 31.5 Å². The van der Waals surface area contributed by atoms with Gasteiger partial charge in [-0.05, 0) is 19.1 Å². The second-order valence-electron chi connectivity index (χ2n) is 4.53. The van der Waals surface area contributed by atoms with Crippen molar-refractivity contribution < 1.29 is 32.6 Å². The number of rotatable bonds is 3. The van der Waals surface area contributed by atoms with Crippen molar-refractivity contribution in [2.24, 2.45) is 5.16 Å². The predicted molar refractivity (Wildman–Crippen MR) is 61.0 cm³/mol. The van der Waals surface area contributed by atoms with Crippen molar-refractivity contribution >= 4 is 5.71 Å². The van der Waals surface area contributed by atoms with Crippen molar-refractivity contribution in [1.82, 2.24) is 0 Å². The largest absolute Gasteiger partial charge is 0.507 e. The first-order valence-corrected chi connectivity index (χ1v) is 5.61. The normalized spacial score (nSPS) is 22.9. The zero-order valence-electron chi connectivity index (χ0n) is 10.3. The van der Waals surface area contributed by atoms with E-state index in [9.17, 15) is 27.8 Å². The summed E-state index contributed by atoms with van der Waals surface area (Å²) in [7, 11) is 0. The van der Waals surface area contributed by atoms with Crippen LogP contribution in [0.15, 0.2) is 23.4 Å². The summed E-state index contributed by atoms with van der Waals surface area (Å²) in [5.74, 6) is -8.48. The molecule has 0 radical (unpaired) electrons. The quantitative estimate of drug-likeness (QED) is 0.841. The highest BCUT2D eigenvalue weighted by Gasteiger charge is 2.65. The Morgan fingerprint density at radius 2 is 2.05 bits per heavy atom. The van der Waals surface area contributed by atoms with Gasteiger partial charge in [-0.1, -0.05) is 16.8 Å². The highest BCUT2D eigenvalue weighted by molar-refractivity contribution is 6.03. The molecule has 0 saturated carbocycles. The van der Waals surface area contributed by atoms with Crippen LogP contribution in [-0.4, -0.2) is 34.1 Å². The molecule has 0 unspecified atom stereocenters. The molecule has 110 valence electrons. The van der Waals surface area contributed by atoms with E-state index in [1.54, 1.807) is 13.0 Å². The molecule has 0 bridgehead atoms. The van der Waals surface area contributed by atoms with Crippen LogP contribution in [0.25, 0.3) is 0 Å². The molecule has 4 nitrogen and oxygen atoms in total. The smallest absolute Gasteiger partial charge is 0.373 e. The molecule has 8 heteroatoms. The Bertz CT molecular complexity index is 562. The summed E-state index contributed by atoms with van der Waals surface area (Å²) in [5.41, 5.74) is 0.511. The number of phenols is 1. The Hall–Kier alpha value is -1.83. The molecule has 1 aromatic rings. The van der Waals surface area contributed by atoms with Crippen molar-refractivity contribution in [1.29, 1.82) is 0 Å². The van der Waals surface area contributed by atoms with Gasteiger partial charge in [0.1, 0.15) is 5.75 Å². The molecule has 1 aliphatic rings. The van der Waals surface area contributed by atoms with E-state index in [0.29, 0.717) is 5.56 Å². The summed E-state index contributed by atoms with van der Waals surface area (Å²) >= 11 is 0. The molecule has 2 N–H and O–H groups in total. The van der Waals surface area contributed by atoms with Crippen LogP contribution in [0.4, 0.5) is 17.6 Å². The van der Waals surface area contributed by atoms with Gasteiger partial charge in [0.25, 0.3) is 0 Å². The summed E-state index contributed by atoms with van der Waals surface area (Å²) in [6.45, 7) is 1.68. The van der Waals surface area contributed by atoms with Crippen LogP contribution in [0.3, 0.4) is 0 Å². The third-order valence-electron chi connectivity index (χ3n) is 2.97. The maximum absolute atomic E-state index is 13.2. The highest BCUT2D eigenvalue weighted by Crippen LogP contribution is 2.42. The molecule has 1 aromatic carbocycles. The van der Waals surface area contributed by atoms with Crippen LogP contribution in [0.1, 0.15) is 17.5 Å². The summed E-state index contributed by atoms with van der Waals surface area (Å²) in [6, 6.07) is 4.29. The minimum atomic E-state index is -4.78. The monoisotopic (exact) mass is 293 g/mol. The van der Waals surface area contributed by atoms with Gasteiger partial charge in [-0.2, -0.15) is 8.78 Å². The number of hydrogen-bond acceptors (Lipinski definition) is 4. The molecule has 0 aromatic heterocycles. The van der Waals surface area contributed by atoms with Crippen LogP contribution < -0.4 is 0 Å². The number of aryl methyl sites for hydroxylation is 1. The Labute approximate surface area is 111 Å². The van der Waals surface area contributed by atoms with Crippen molar-refractivity contribution in [3.63, 3.8) is 0 Å². The molecule has 0 spiro atoms. The maximum atomic E-state index is 13.2. The van der Waals surface area contributed by atoms with Crippen LogP contribution in [0.5, 0.6) is 5.75 Å². The molecule has 0 saturated heterocycles. The fourth-order valence-corrected chi connectivity index (χ4v) is 1.80. The van der Waals surface area contributed by atoms with Crippen LogP contribution in [-0.2, 0) is 4.84 Å². The van der Waals surface area contributed by atoms with Crippen LogP contribution in [0, 0.1) is 6.92 Å². The lowest BCUT2D eigenvalue weighted by atomic mass is 9.97. The average Bonchev–Trinajstić information content (AvgIpc) is 2.76. The van der Waals surface area contributed by atoms with E-state index >= 15 is 0 Å². The van der Waals surface area contributed by atoms with E-state index in [1.807, 2.05) is 0 Å². The van der Waals surface area contributed by atoms with E-state index in [-0.39, 0.29) is 17.0 Å². The molecule has 0 aliphatic carbocycles. The fraction of sp³-hybridized carbons (Fsp3) is 0.417. The molecule has 20 heavy (non-hydrogen) atoms. The van der Waals surface area contributed by atoms with Crippen molar-refractivity contribution in [3.05, 3.63) is 29.3 Å². The Balaban J connectivity index is 2.30. The number of oxime groups is 1. The Morgan fingerprint density at radius 3 is 2.65 bits per heavy atom. The number of nitrogens with zero attached hydrogens (tertiary/aromatic N) is 1. The second-order valence-corrected chi connectivity index (χ2v) is 4.53. The highest BCUT2D eigenvalue weighted by atomic mass is 19.3. The molecular weight excluding hydrogens is 282 g/mol. The number of alkyl halides is 4. The lowest BCUT2D eigenvalue weighted by Gasteiger charge is -2.28. The molecule has 1 heterocycles. The average molecular weight is 293 g/mol. The van der Waals surface area contributed by atoms with Gasteiger partial charge >= 0.3 is 18.1 Å². The van der Waals surface area contributed by atoms with Crippen molar-refractivity contribution in [2.75, 3.05) is 0 Å². The van der Waals surface area contributed by atoms with Gasteiger partial charge in [0.2, 0.25) is 0 Å². The number of benzene rings is 1. The minimum absolute atomic E-state index is 0.0472. The summed E-state index contributed by atoms with van der Waals surface area (Å²) in [4.78, 5) is 4.13. The SMILES string of the molecule is Cc1ccc(O)c(C2=NO[C@](O)(C(F)(F)C(F)F)C2)c1. The van der Waals surface area contributed by atoms with Crippen LogP contribution in [0.2, 0.25) is 0 Å². The van der Waals surface area contributed by atoms with Gasteiger partial charge in [-0.25, -0.2) is 8.78 Å². The van der Waals surface area contributed by atoms with E-state index in [4.69, 9.17) is 0 Å². The van der Waals surface area contributed by atoms with Gasteiger partial charge in [0, 0.05) is 5.56 Å². The van der Waals surface area contributed by atoms with Gasteiger partial charge in [0.05, 0.1) is 12.1 Å². The topological polar surface area (TPSA) is 62.1 Å². The minimum Gasteiger partial charge on any atom is -0.507 e. The zero-order chi connectivity index (χ0) is 15.1. The van der Waals surface area contributed by atoms with E-state index in [2.05, 4.69) is 9.99 Å². The summed E-state index contributed by atoms with van der Waals surface area (Å²) in [5, 5.41) is 22.4. The molecule has 1 aliphatic heterocycles. The van der Waals surface area contributed by atoms with E-state index in [1.165, 1.54) is 12.1 Å². The van der Waals surface area contributed by atoms with E-state index in [0.717, 1.165) is 0 Å². The third-order valence-corrected chi connectivity index (χ3v) is 2.97. The number of phenolic OH excluding ortho intramolecular Hbond substituents is 1. The van der Waals surface area contributed by atoms with Crippen molar-refractivity contribution in [3.8, 4) is 5.75 Å². The Kier molecular flexibility index (Phi) is 3.37. The van der Waals surface area contributed by atoms with E-state index < -0.39 is 24.6 Å². The van der Waals surface area contributed by atoms with Crippen LogP contribution >= 0.6 is 0 Å². The summed E-state index contributed by atoms with van der Waals surface area (Å²) < 4.78 is 51.1. The molecule has 2 rings (SSSR count). The third kappa shape index (κ3) is 2.20. The predicted octanol–water partition coefficient (Wildman–Crippen LogP) is 2.41. The fourth-order valence-electron chi connectivity index (χ4n) is 1.80. The first-order chi connectivity index (χ1) is 9.17. The van der Waals surface area contributed by atoms with Gasteiger partial charge in [-0.3, -0.25) is 0 Å². The molecule has 0 fully saturated rings. The standard InChI is InChI=1S/C12H11F4NO3/c1-6-2-3-9(18)7(4-6)8-5-11(19,20-17-8)12(15,16)10(13)14/h2-4,10,18-19H,5H2,1H3/t11-/m0/s1. The van der Waals surface area contributed by atoms with Gasteiger partial charge in [0.15, 0.2) is 0 Å². The lowest BCUT2D eigenvalue weighted by Crippen LogP contribution is -2.52. The van der Waals surface area contributed by atoms with Gasteiger partial charge in [-0.15, -0.1) is 0 Å². The first-order valence-electron chi connectivity index (χ1n) is 5.61. The zero-order valence-corrected chi connectivity index (χ0v) is 10.3.